The van der Waals surface area contributed by atoms with Gasteiger partial charge in [-0.15, -0.1) is 0 Å². The number of hydrogen-bond acceptors (Lipinski definition) is 4. The summed E-state index contributed by atoms with van der Waals surface area (Å²) in [6, 6.07) is 1.36. The first-order valence-electron chi connectivity index (χ1n) is 7.37. The van der Waals surface area contributed by atoms with Crippen molar-refractivity contribution in [2.45, 2.75) is 19.5 Å². The zero-order valence-corrected chi connectivity index (χ0v) is 12.7. The number of aromatic nitrogens is 2. The molecule has 0 aliphatic carbocycles. The van der Waals surface area contributed by atoms with Crippen LogP contribution < -0.4 is 0 Å². The van der Waals surface area contributed by atoms with Crippen molar-refractivity contribution in [3.63, 3.8) is 0 Å². The van der Waals surface area contributed by atoms with Gasteiger partial charge >= 0.3 is 6.55 Å². The molecule has 2 bridgehead atoms. The molecule has 0 radical (unpaired) electrons. The van der Waals surface area contributed by atoms with Crippen LogP contribution in [0, 0.1) is 12.8 Å². The molecular formula is C14H20F2N4O2. The highest BCUT2D eigenvalue weighted by Gasteiger charge is 2.36. The molecular weight excluding hydrogens is 294 g/mol. The number of nitrogens with zero attached hydrogens (tertiary/aromatic N) is 4. The Morgan fingerprint density at radius 3 is 2.82 bits per heavy atom. The second-order valence-electron chi connectivity index (χ2n) is 6.13. The summed E-state index contributed by atoms with van der Waals surface area (Å²) in [5, 5.41) is 3.77. The summed E-state index contributed by atoms with van der Waals surface area (Å²) in [5.74, 6) is -0.0574. The van der Waals surface area contributed by atoms with Gasteiger partial charge in [-0.05, 0) is 20.0 Å². The fourth-order valence-electron chi connectivity index (χ4n) is 3.26. The summed E-state index contributed by atoms with van der Waals surface area (Å²) in [4.78, 5) is 16.6. The van der Waals surface area contributed by atoms with Crippen LogP contribution in [0.5, 0.6) is 0 Å². The van der Waals surface area contributed by atoms with E-state index in [-0.39, 0.29) is 29.3 Å². The molecule has 3 rings (SSSR count). The first-order chi connectivity index (χ1) is 10.5. The highest BCUT2D eigenvalue weighted by atomic mass is 19.3. The summed E-state index contributed by atoms with van der Waals surface area (Å²) in [6.45, 7) is 2.04. The molecule has 2 aliphatic heterocycles. The molecule has 6 nitrogen and oxygen atoms in total. The van der Waals surface area contributed by atoms with E-state index in [9.17, 15) is 13.6 Å². The highest BCUT2D eigenvalue weighted by molar-refractivity contribution is 5.92. The first-order valence-corrected chi connectivity index (χ1v) is 7.37. The van der Waals surface area contributed by atoms with Gasteiger partial charge in [0.15, 0.2) is 5.69 Å². The molecule has 1 aromatic rings. The Labute approximate surface area is 127 Å². The number of ether oxygens (including phenoxy) is 1. The van der Waals surface area contributed by atoms with Crippen molar-refractivity contribution in [1.82, 2.24) is 19.6 Å². The van der Waals surface area contributed by atoms with E-state index >= 15 is 0 Å². The van der Waals surface area contributed by atoms with E-state index in [1.54, 1.807) is 4.90 Å². The number of fused-ring (bicyclic) bond motifs is 3. The summed E-state index contributed by atoms with van der Waals surface area (Å²) in [6.07, 6.45) is 0. The van der Waals surface area contributed by atoms with Crippen LogP contribution in [0.3, 0.4) is 0 Å². The maximum absolute atomic E-state index is 12.8. The minimum atomic E-state index is -2.74. The highest BCUT2D eigenvalue weighted by Crippen LogP contribution is 2.22. The average Bonchev–Trinajstić information content (AvgIpc) is 2.62. The lowest BCUT2D eigenvalue weighted by atomic mass is 10.1. The van der Waals surface area contributed by atoms with E-state index in [0.717, 1.165) is 13.1 Å². The lowest BCUT2D eigenvalue weighted by Gasteiger charge is -2.29. The second-order valence-corrected chi connectivity index (χ2v) is 6.13. The molecule has 3 heterocycles. The minimum absolute atomic E-state index is 0.0676. The zero-order chi connectivity index (χ0) is 15.9. The normalized spacial score (nSPS) is 26.3. The van der Waals surface area contributed by atoms with E-state index in [1.165, 1.54) is 13.0 Å². The van der Waals surface area contributed by atoms with Crippen LogP contribution in [0.15, 0.2) is 6.07 Å². The maximum atomic E-state index is 12.8. The van der Waals surface area contributed by atoms with Crippen molar-refractivity contribution in [3.8, 4) is 0 Å². The summed E-state index contributed by atoms with van der Waals surface area (Å²) in [7, 11) is 2.02. The van der Waals surface area contributed by atoms with E-state index in [1.807, 2.05) is 7.05 Å². The van der Waals surface area contributed by atoms with E-state index in [4.69, 9.17) is 4.74 Å². The van der Waals surface area contributed by atoms with Crippen LogP contribution >= 0.6 is 0 Å². The lowest BCUT2D eigenvalue weighted by molar-refractivity contribution is 0.0460. The van der Waals surface area contributed by atoms with Gasteiger partial charge in [-0.2, -0.15) is 13.9 Å². The molecule has 2 aliphatic rings. The molecule has 122 valence electrons. The number of aryl methyl sites for hydroxylation is 1. The third-order valence-electron chi connectivity index (χ3n) is 4.24. The number of halogens is 2. The number of hydrogen-bond donors (Lipinski definition) is 0. The number of likely N-dealkylation sites (N-methyl/N-ethyl adjacent to an activating group) is 1. The van der Waals surface area contributed by atoms with Crippen LogP contribution in [0.2, 0.25) is 0 Å². The predicted octanol–water partition coefficient (Wildman–Crippen LogP) is 0.989. The predicted molar refractivity (Wildman–Crippen MR) is 74.8 cm³/mol. The molecule has 0 unspecified atom stereocenters. The molecule has 0 aromatic carbocycles. The topological polar surface area (TPSA) is 50.6 Å². The van der Waals surface area contributed by atoms with Gasteiger partial charge in [0.2, 0.25) is 0 Å². The number of amides is 1. The molecule has 2 atom stereocenters. The number of carbonyl (C=O) groups excluding carboxylic acids is 1. The Balaban J connectivity index is 1.86. The van der Waals surface area contributed by atoms with Gasteiger partial charge < -0.3 is 14.5 Å². The Hall–Kier alpha value is -1.54. The molecule has 2 saturated heterocycles. The fraction of sp³-hybridized carbons (Fsp3) is 0.714. The molecule has 8 heteroatoms. The second kappa shape index (κ2) is 5.92. The molecule has 2 fully saturated rings. The minimum Gasteiger partial charge on any atom is -0.379 e. The van der Waals surface area contributed by atoms with Gasteiger partial charge in [0.25, 0.3) is 5.91 Å². The van der Waals surface area contributed by atoms with Crippen LogP contribution in [0.1, 0.15) is 22.7 Å². The van der Waals surface area contributed by atoms with Crippen LogP contribution in [-0.2, 0) is 4.74 Å². The SMILES string of the molecule is Cc1cc(C(=O)N2C[C@H]3COC[C@@H]2CN(C)C3)nn1C(F)F. The van der Waals surface area contributed by atoms with E-state index in [2.05, 4.69) is 10.00 Å². The van der Waals surface area contributed by atoms with Crippen molar-refractivity contribution in [3.05, 3.63) is 17.5 Å². The monoisotopic (exact) mass is 314 g/mol. The smallest absolute Gasteiger partial charge is 0.333 e. The van der Waals surface area contributed by atoms with Gasteiger partial charge in [0, 0.05) is 31.2 Å². The number of carbonyl (C=O) groups is 1. The van der Waals surface area contributed by atoms with Crippen molar-refractivity contribution in [1.29, 1.82) is 0 Å². The third-order valence-corrected chi connectivity index (χ3v) is 4.24. The first kappa shape index (κ1) is 15.4. The summed E-state index contributed by atoms with van der Waals surface area (Å²) >= 11 is 0. The Kier molecular flexibility index (Phi) is 4.14. The van der Waals surface area contributed by atoms with E-state index in [0.29, 0.717) is 24.4 Å². The standard InChI is InChI=1S/C14H20F2N4O2/c1-9-3-12(17-20(9)14(15)16)13(21)19-5-10-4-18(2)6-11(19)8-22-7-10/h3,10-11,14H,4-8H2,1-2H3/t10-,11-/m0/s1. The van der Waals surface area contributed by atoms with Crippen molar-refractivity contribution < 1.29 is 18.3 Å². The molecule has 0 saturated carbocycles. The largest absolute Gasteiger partial charge is 0.379 e. The van der Waals surface area contributed by atoms with E-state index < -0.39 is 6.55 Å². The van der Waals surface area contributed by atoms with Gasteiger partial charge in [0.05, 0.1) is 19.3 Å². The van der Waals surface area contributed by atoms with Gasteiger partial charge in [-0.3, -0.25) is 4.79 Å². The Bertz CT molecular complexity index is 563. The van der Waals surface area contributed by atoms with Crippen molar-refractivity contribution in [2.75, 3.05) is 39.9 Å². The zero-order valence-electron chi connectivity index (χ0n) is 12.7. The van der Waals surface area contributed by atoms with Gasteiger partial charge in [-0.25, -0.2) is 4.68 Å². The quantitative estimate of drug-likeness (QED) is 0.817. The Morgan fingerprint density at radius 1 is 1.36 bits per heavy atom. The van der Waals surface area contributed by atoms with Gasteiger partial charge in [-0.1, -0.05) is 0 Å². The fourth-order valence-corrected chi connectivity index (χ4v) is 3.26. The van der Waals surface area contributed by atoms with Crippen molar-refractivity contribution in [2.24, 2.45) is 5.92 Å². The Morgan fingerprint density at radius 2 is 2.14 bits per heavy atom. The third kappa shape index (κ3) is 2.85. The van der Waals surface area contributed by atoms with Crippen LogP contribution in [0.4, 0.5) is 8.78 Å². The summed E-state index contributed by atoms with van der Waals surface area (Å²) < 4.78 is 31.9. The van der Waals surface area contributed by atoms with Crippen LogP contribution in [-0.4, -0.2) is 71.4 Å². The molecule has 22 heavy (non-hydrogen) atoms. The molecule has 1 aromatic heterocycles. The van der Waals surface area contributed by atoms with Crippen LogP contribution in [0.25, 0.3) is 0 Å². The molecule has 0 spiro atoms. The summed E-state index contributed by atoms with van der Waals surface area (Å²) in [5.41, 5.74) is 0.359. The number of alkyl halides is 2. The maximum Gasteiger partial charge on any atom is 0.333 e. The lowest BCUT2D eigenvalue weighted by Crippen LogP contribution is -2.46. The van der Waals surface area contributed by atoms with Gasteiger partial charge in [0.1, 0.15) is 0 Å². The number of rotatable bonds is 2. The molecule has 1 amide bonds. The van der Waals surface area contributed by atoms with Crippen molar-refractivity contribution >= 4 is 5.91 Å². The molecule has 0 N–H and O–H groups in total. The average molecular weight is 314 g/mol.